The molecule has 4 heterocycles. The van der Waals surface area contributed by atoms with Crippen molar-refractivity contribution in [2.75, 3.05) is 19.6 Å². The number of carbonyl (C=O) groups excluding carboxylic acids is 1. The van der Waals surface area contributed by atoms with Crippen LogP contribution in [0.4, 0.5) is 13.2 Å². The summed E-state index contributed by atoms with van der Waals surface area (Å²) in [7, 11) is 0. The van der Waals surface area contributed by atoms with Gasteiger partial charge >= 0.3 is 6.18 Å². The number of aromatic amines is 1. The van der Waals surface area contributed by atoms with Gasteiger partial charge in [-0.25, -0.2) is 9.97 Å². The summed E-state index contributed by atoms with van der Waals surface area (Å²) < 4.78 is 41.4. The summed E-state index contributed by atoms with van der Waals surface area (Å²) in [5.41, 5.74) is 3.63. The van der Waals surface area contributed by atoms with Gasteiger partial charge in [0.2, 0.25) is 0 Å². The summed E-state index contributed by atoms with van der Waals surface area (Å²) in [6.45, 7) is 2.41. The number of thiazole rings is 1. The fraction of sp³-hybridized carbons (Fsp3) is 0.500. The van der Waals surface area contributed by atoms with Crippen molar-refractivity contribution < 1.29 is 23.1 Å². The van der Waals surface area contributed by atoms with Crippen LogP contribution in [0.2, 0.25) is 0 Å². The number of alkyl halides is 3. The molecule has 0 spiro atoms. The van der Waals surface area contributed by atoms with E-state index in [-0.39, 0.29) is 30.9 Å². The van der Waals surface area contributed by atoms with E-state index >= 15 is 0 Å². The van der Waals surface area contributed by atoms with Crippen molar-refractivity contribution in [1.82, 2.24) is 30.4 Å². The summed E-state index contributed by atoms with van der Waals surface area (Å²) in [5, 5.41) is 20.2. The van der Waals surface area contributed by atoms with Gasteiger partial charge in [0.25, 0.3) is 5.91 Å². The number of nitrogens with zero attached hydrogens (tertiary/aromatic N) is 4. The summed E-state index contributed by atoms with van der Waals surface area (Å²) in [4.78, 5) is 25.9. The summed E-state index contributed by atoms with van der Waals surface area (Å²) >= 11 is 1.22. The number of aromatic nitrogens is 4. The number of nitrogens with one attached hydrogen (secondary N) is 2. The largest absolute Gasteiger partial charge is 0.394 e. The number of halogens is 3. The Morgan fingerprint density at radius 1 is 1.14 bits per heavy atom. The Bertz CT molecular complexity index is 1630. The van der Waals surface area contributed by atoms with E-state index in [9.17, 15) is 23.1 Å². The first kappa shape index (κ1) is 29.4. The normalized spacial score (nSPS) is 21.2. The number of carbonyl (C=O) groups is 1. The molecule has 7 rings (SSSR count). The number of hydrogen-bond donors (Lipinski definition) is 3. The van der Waals surface area contributed by atoms with Gasteiger partial charge in [0.05, 0.1) is 23.8 Å². The molecular weight excluding hydrogens is 589 g/mol. The Kier molecular flexibility index (Phi) is 7.70. The second kappa shape index (κ2) is 11.5. The molecule has 2 aliphatic carbocycles. The third-order valence-corrected chi connectivity index (χ3v) is 10.8. The predicted octanol–water partition coefficient (Wildman–Crippen LogP) is 5.85. The number of fused-ring (bicyclic) bond motifs is 2. The van der Waals surface area contributed by atoms with Gasteiger partial charge in [-0.1, -0.05) is 35.6 Å². The smallest absolute Gasteiger partial charge is 0.393 e. The lowest BCUT2D eigenvalue weighted by atomic mass is 9.76. The minimum absolute atomic E-state index is 0.208. The van der Waals surface area contributed by atoms with Crippen LogP contribution >= 0.6 is 11.3 Å². The first-order valence-electron chi connectivity index (χ1n) is 15.3. The van der Waals surface area contributed by atoms with Crippen LogP contribution in [0.15, 0.2) is 42.7 Å². The Morgan fingerprint density at radius 3 is 2.59 bits per heavy atom. The molecule has 1 unspecified atom stereocenters. The molecule has 2 atom stereocenters. The highest BCUT2D eigenvalue weighted by Crippen LogP contribution is 2.64. The number of benzene rings is 1. The van der Waals surface area contributed by atoms with Gasteiger partial charge in [0.15, 0.2) is 5.01 Å². The fourth-order valence-electron chi connectivity index (χ4n) is 6.95. The van der Waals surface area contributed by atoms with Crippen LogP contribution in [-0.4, -0.2) is 68.0 Å². The fourth-order valence-corrected chi connectivity index (χ4v) is 7.80. The van der Waals surface area contributed by atoms with Crippen molar-refractivity contribution in [3.05, 3.63) is 64.6 Å². The standard InChI is InChI=1S/C32H35F3N6O2S/c33-32(34,35)31(10-11-31)23-5-6-25-21(15-23)16-27-29(39-25)44-30(40-27)28(43)38-26(9-14-41-12-7-24(42)8-13-41)20-3-1-19(2-4-20)22-17-36-37-18-22/h1-4,16-18,23-24,26,42H,5-15H2,(H,36,37)(H,38,43)/t23-,26?/m0/s1. The van der Waals surface area contributed by atoms with Gasteiger partial charge in [-0.2, -0.15) is 18.3 Å². The van der Waals surface area contributed by atoms with Crippen LogP contribution in [0.3, 0.4) is 0 Å². The van der Waals surface area contributed by atoms with Crippen LogP contribution in [0.1, 0.15) is 71.2 Å². The Morgan fingerprint density at radius 2 is 1.91 bits per heavy atom. The molecule has 1 saturated carbocycles. The number of aryl methyl sites for hydroxylation is 1. The molecule has 3 aromatic heterocycles. The lowest BCUT2D eigenvalue weighted by Crippen LogP contribution is -2.38. The molecule has 3 N–H and O–H groups in total. The maximum absolute atomic E-state index is 13.8. The van der Waals surface area contributed by atoms with Gasteiger partial charge in [-0.05, 0) is 80.0 Å². The number of hydrogen-bond acceptors (Lipinski definition) is 7. The highest BCUT2D eigenvalue weighted by atomic mass is 32.1. The molecular formula is C32H35F3N6O2S. The highest BCUT2D eigenvalue weighted by Gasteiger charge is 2.66. The van der Waals surface area contributed by atoms with Crippen LogP contribution in [-0.2, 0) is 12.8 Å². The van der Waals surface area contributed by atoms with E-state index in [4.69, 9.17) is 4.98 Å². The molecule has 4 aromatic rings. The van der Waals surface area contributed by atoms with Crippen molar-refractivity contribution in [3.63, 3.8) is 0 Å². The Balaban J connectivity index is 1.09. The number of piperidine rings is 1. The lowest BCUT2D eigenvalue weighted by Gasteiger charge is -2.32. The van der Waals surface area contributed by atoms with E-state index in [2.05, 4.69) is 25.4 Å². The summed E-state index contributed by atoms with van der Waals surface area (Å²) in [6, 6.07) is 9.65. The second-order valence-corrected chi connectivity index (χ2v) is 13.5. The number of aliphatic hydroxyl groups excluding tert-OH is 1. The van der Waals surface area contributed by atoms with E-state index in [1.807, 2.05) is 36.5 Å². The average Bonchev–Trinajstić information content (AvgIpc) is 3.47. The maximum atomic E-state index is 13.8. The molecule has 44 heavy (non-hydrogen) atoms. The van der Waals surface area contributed by atoms with E-state index in [1.54, 1.807) is 6.20 Å². The SMILES string of the molecule is O=C(NC(CCN1CCC(O)CC1)c1ccc(-c2cn[nH]c2)cc1)c1nc2cc3c(nc2s1)CC[C@H](C1(C(F)(F)F)CC1)C3. The van der Waals surface area contributed by atoms with Crippen LogP contribution in [0, 0.1) is 11.3 Å². The molecule has 12 heteroatoms. The predicted molar refractivity (Wildman–Crippen MR) is 161 cm³/mol. The topological polar surface area (TPSA) is 107 Å². The molecule has 2 fully saturated rings. The van der Waals surface area contributed by atoms with Gasteiger partial charge < -0.3 is 15.3 Å². The minimum atomic E-state index is -4.18. The number of pyridine rings is 1. The van der Waals surface area contributed by atoms with E-state index in [1.165, 1.54) is 11.3 Å². The molecule has 1 aliphatic heterocycles. The van der Waals surface area contributed by atoms with E-state index in [0.717, 1.165) is 60.4 Å². The summed E-state index contributed by atoms with van der Waals surface area (Å²) in [6.07, 6.45) is 3.11. The van der Waals surface area contributed by atoms with Crippen molar-refractivity contribution in [1.29, 1.82) is 0 Å². The third kappa shape index (κ3) is 5.75. The number of likely N-dealkylation sites (tertiary alicyclic amines) is 1. The van der Waals surface area contributed by atoms with Gasteiger partial charge in [-0.15, -0.1) is 0 Å². The van der Waals surface area contributed by atoms with Gasteiger partial charge in [0.1, 0.15) is 10.3 Å². The molecule has 0 bridgehead atoms. The van der Waals surface area contributed by atoms with Crippen LogP contribution < -0.4 is 5.32 Å². The number of amides is 1. The van der Waals surface area contributed by atoms with Gasteiger partial charge in [0, 0.05) is 37.1 Å². The van der Waals surface area contributed by atoms with Gasteiger partial charge in [-0.3, -0.25) is 9.89 Å². The summed E-state index contributed by atoms with van der Waals surface area (Å²) in [5.74, 6) is -0.727. The third-order valence-electron chi connectivity index (χ3n) is 9.82. The van der Waals surface area contributed by atoms with Crippen molar-refractivity contribution in [3.8, 4) is 11.1 Å². The van der Waals surface area contributed by atoms with Crippen LogP contribution in [0.25, 0.3) is 21.5 Å². The Labute approximate surface area is 257 Å². The quantitative estimate of drug-likeness (QED) is 0.227. The van der Waals surface area contributed by atoms with Crippen LogP contribution in [0.5, 0.6) is 0 Å². The monoisotopic (exact) mass is 624 g/mol. The zero-order valence-corrected chi connectivity index (χ0v) is 25.1. The lowest BCUT2D eigenvalue weighted by molar-refractivity contribution is -0.204. The van der Waals surface area contributed by atoms with E-state index < -0.39 is 17.5 Å². The maximum Gasteiger partial charge on any atom is 0.394 e. The highest BCUT2D eigenvalue weighted by molar-refractivity contribution is 7.19. The average molecular weight is 625 g/mol. The molecule has 1 amide bonds. The molecule has 1 saturated heterocycles. The molecule has 8 nitrogen and oxygen atoms in total. The zero-order valence-electron chi connectivity index (χ0n) is 24.2. The first-order valence-corrected chi connectivity index (χ1v) is 16.2. The zero-order chi connectivity index (χ0) is 30.5. The van der Waals surface area contributed by atoms with Crippen molar-refractivity contribution in [2.24, 2.45) is 11.3 Å². The van der Waals surface area contributed by atoms with Crippen molar-refractivity contribution >= 4 is 27.6 Å². The number of aliphatic hydroxyl groups is 1. The first-order chi connectivity index (χ1) is 21.2. The second-order valence-electron chi connectivity index (χ2n) is 12.5. The van der Waals surface area contributed by atoms with E-state index in [0.29, 0.717) is 41.0 Å². The number of H-pyrrole nitrogens is 1. The molecule has 1 aromatic carbocycles. The van der Waals surface area contributed by atoms with Crippen molar-refractivity contribution in [2.45, 2.75) is 69.7 Å². The Hall–Kier alpha value is -3.35. The molecule has 3 aliphatic rings. The minimum Gasteiger partial charge on any atom is -0.393 e. The number of rotatable bonds is 8. The molecule has 232 valence electrons. The molecule has 0 radical (unpaired) electrons.